The van der Waals surface area contributed by atoms with Crippen molar-refractivity contribution in [1.29, 1.82) is 5.26 Å². The topological polar surface area (TPSA) is 76.4 Å². The smallest absolute Gasteiger partial charge is 0.194 e. The van der Waals surface area contributed by atoms with Crippen molar-refractivity contribution in [3.05, 3.63) is 18.2 Å². The summed E-state index contributed by atoms with van der Waals surface area (Å²) in [4.78, 5) is 0.0794. The van der Waals surface area contributed by atoms with E-state index in [2.05, 4.69) is 0 Å². The summed E-state index contributed by atoms with van der Waals surface area (Å²) in [5, 5.41) is 7.61. The van der Waals surface area contributed by atoms with Crippen molar-refractivity contribution in [1.82, 2.24) is 0 Å². The number of nitrogens with zero attached hydrogens (tertiary/aromatic N) is 1. The van der Waals surface area contributed by atoms with Crippen LogP contribution < -0.4 is 9.47 Å². The number of sulfone groups is 1. The molecule has 0 N–H and O–H groups in total. The SMILES string of the molecule is CC(C#N)S(=O)(=O)c1ccc2c(c1)OCCO2. The molecule has 5 nitrogen and oxygen atoms in total. The van der Waals surface area contributed by atoms with Gasteiger partial charge in [0.05, 0.1) is 11.0 Å². The van der Waals surface area contributed by atoms with E-state index in [-0.39, 0.29) is 4.90 Å². The predicted octanol–water partition coefficient (Wildman–Crippen LogP) is 1.14. The summed E-state index contributed by atoms with van der Waals surface area (Å²) >= 11 is 0. The van der Waals surface area contributed by atoms with Crippen molar-refractivity contribution in [3.8, 4) is 17.6 Å². The van der Waals surface area contributed by atoms with Gasteiger partial charge < -0.3 is 9.47 Å². The molecule has 2 rings (SSSR count). The monoisotopic (exact) mass is 253 g/mol. The Kier molecular flexibility index (Phi) is 2.94. The Morgan fingerprint density at radius 2 is 1.94 bits per heavy atom. The van der Waals surface area contributed by atoms with E-state index in [9.17, 15) is 8.42 Å². The zero-order valence-electron chi connectivity index (χ0n) is 9.21. The molecule has 1 unspecified atom stereocenters. The minimum Gasteiger partial charge on any atom is -0.486 e. The lowest BCUT2D eigenvalue weighted by atomic mass is 10.3. The molecule has 1 aliphatic rings. The highest BCUT2D eigenvalue weighted by Crippen LogP contribution is 2.33. The second-order valence-electron chi connectivity index (χ2n) is 3.62. The summed E-state index contributed by atoms with van der Waals surface area (Å²) in [5.41, 5.74) is 0. The first-order chi connectivity index (χ1) is 8.05. The standard InChI is InChI=1S/C11H11NO4S/c1-8(7-12)17(13,14)9-2-3-10-11(6-9)16-5-4-15-10/h2-3,6,8H,4-5H2,1H3. The van der Waals surface area contributed by atoms with E-state index in [1.807, 2.05) is 0 Å². The number of ether oxygens (including phenoxy) is 2. The van der Waals surface area contributed by atoms with Crippen LogP contribution in [-0.4, -0.2) is 26.9 Å². The molecule has 1 atom stereocenters. The highest BCUT2D eigenvalue weighted by atomic mass is 32.2. The molecule has 1 aromatic carbocycles. The van der Waals surface area contributed by atoms with Crippen LogP contribution in [0.25, 0.3) is 0 Å². The van der Waals surface area contributed by atoms with Crippen LogP contribution in [0, 0.1) is 11.3 Å². The minimum atomic E-state index is -3.62. The molecular weight excluding hydrogens is 242 g/mol. The summed E-state index contributed by atoms with van der Waals surface area (Å²) in [6.45, 7) is 2.20. The van der Waals surface area contributed by atoms with Gasteiger partial charge in [-0.25, -0.2) is 8.42 Å². The molecule has 0 fully saturated rings. The van der Waals surface area contributed by atoms with Gasteiger partial charge in [-0.3, -0.25) is 0 Å². The minimum absolute atomic E-state index is 0.0794. The zero-order valence-corrected chi connectivity index (χ0v) is 10.0. The van der Waals surface area contributed by atoms with Crippen LogP contribution in [0.15, 0.2) is 23.1 Å². The first-order valence-corrected chi connectivity index (χ1v) is 6.63. The molecule has 6 heteroatoms. The Bertz CT molecular complexity index is 574. The first-order valence-electron chi connectivity index (χ1n) is 5.09. The van der Waals surface area contributed by atoms with Crippen LogP contribution in [0.5, 0.6) is 11.5 Å². The van der Waals surface area contributed by atoms with E-state index in [1.165, 1.54) is 19.1 Å². The lowest BCUT2D eigenvalue weighted by Gasteiger charge is -2.19. The zero-order chi connectivity index (χ0) is 12.5. The largest absolute Gasteiger partial charge is 0.486 e. The van der Waals surface area contributed by atoms with Crippen molar-refractivity contribution < 1.29 is 17.9 Å². The molecule has 1 heterocycles. The Labute approximate surface area is 99.5 Å². The van der Waals surface area contributed by atoms with Gasteiger partial charge in [0.2, 0.25) is 0 Å². The van der Waals surface area contributed by atoms with Gasteiger partial charge in [0, 0.05) is 6.07 Å². The Hall–Kier alpha value is -1.74. The fourth-order valence-corrected chi connectivity index (χ4v) is 2.55. The van der Waals surface area contributed by atoms with Gasteiger partial charge in [-0.05, 0) is 19.1 Å². The van der Waals surface area contributed by atoms with E-state index >= 15 is 0 Å². The number of hydrogen-bond acceptors (Lipinski definition) is 5. The molecule has 0 saturated heterocycles. The Balaban J connectivity index is 2.45. The highest BCUT2D eigenvalue weighted by Gasteiger charge is 2.25. The van der Waals surface area contributed by atoms with Crippen LogP contribution in [-0.2, 0) is 9.84 Å². The first kappa shape index (κ1) is 11.7. The third-order valence-corrected chi connectivity index (χ3v) is 4.44. The van der Waals surface area contributed by atoms with Gasteiger partial charge >= 0.3 is 0 Å². The number of benzene rings is 1. The van der Waals surface area contributed by atoms with Crippen molar-refractivity contribution in [2.75, 3.05) is 13.2 Å². The summed E-state index contributed by atoms with van der Waals surface area (Å²) in [5.74, 6) is 0.933. The summed E-state index contributed by atoms with van der Waals surface area (Å²) in [6, 6.07) is 6.10. The molecule has 0 radical (unpaired) electrons. The second-order valence-corrected chi connectivity index (χ2v) is 5.89. The van der Waals surface area contributed by atoms with Crippen molar-refractivity contribution in [3.63, 3.8) is 0 Å². The average Bonchev–Trinajstić information content (AvgIpc) is 2.37. The molecule has 0 bridgehead atoms. The summed E-state index contributed by atoms with van der Waals surface area (Å²) in [7, 11) is -3.62. The van der Waals surface area contributed by atoms with Gasteiger partial charge in [0.1, 0.15) is 18.5 Å². The molecule has 0 spiro atoms. The fourth-order valence-electron chi connectivity index (χ4n) is 1.47. The number of hydrogen-bond donors (Lipinski definition) is 0. The fraction of sp³-hybridized carbons (Fsp3) is 0.364. The van der Waals surface area contributed by atoms with E-state index in [0.29, 0.717) is 24.7 Å². The van der Waals surface area contributed by atoms with Gasteiger partial charge in [-0.2, -0.15) is 5.26 Å². The summed E-state index contributed by atoms with van der Waals surface area (Å²) < 4.78 is 34.5. The predicted molar refractivity (Wildman–Crippen MR) is 59.7 cm³/mol. The average molecular weight is 253 g/mol. The van der Waals surface area contributed by atoms with E-state index in [4.69, 9.17) is 14.7 Å². The van der Waals surface area contributed by atoms with Gasteiger partial charge in [0.25, 0.3) is 0 Å². The molecule has 0 aliphatic carbocycles. The van der Waals surface area contributed by atoms with E-state index in [0.717, 1.165) is 0 Å². The molecule has 0 amide bonds. The van der Waals surface area contributed by atoms with E-state index < -0.39 is 15.1 Å². The van der Waals surface area contributed by atoms with Crippen LogP contribution in [0.2, 0.25) is 0 Å². The highest BCUT2D eigenvalue weighted by molar-refractivity contribution is 7.92. The van der Waals surface area contributed by atoms with Crippen LogP contribution in [0.3, 0.4) is 0 Å². The van der Waals surface area contributed by atoms with Crippen molar-refractivity contribution in [2.45, 2.75) is 17.1 Å². The number of rotatable bonds is 2. The molecule has 1 aromatic rings. The number of fused-ring (bicyclic) bond motifs is 1. The molecule has 17 heavy (non-hydrogen) atoms. The Morgan fingerprint density at radius 1 is 1.29 bits per heavy atom. The molecule has 0 saturated carbocycles. The summed E-state index contributed by atoms with van der Waals surface area (Å²) in [6.07, 6.45) is 0. The quantitative estimate of drug-likeness (QED) is 0.790. The number of nitriles is 1. The van der Waals surface area contributed by atoms with E-state index in [1.54, 1.807) is 12.1 Å². The van der Waals surface area contributed by atoms with Gasteiger partial charge in [-0.1, -0.05) is 0 Å². The Morgan fingerprint density at radius 3 is 2.59 bits per heavy atom. The maximum absolute atomic E-state index is 11.9. The molecule has 90 valence electrons. The lowest BCUT2D eigenvalue weighted by molar-refractivity contribution is 0.171. The van der Waals surface area contributed by atoms with Crippen LogP contribution in [0.1, 0.15) is 6.92 Å². The van der Waals surface area contributed by atoms with Crippen LogP contribution in [0.4, 0.5) is 0 Å². The normalized spacial score (nSPS) is 16.0. The molecule has 1 aliphatic heterocycles. The third kappa shape index (κ3) is 2.06. The molecule has 0 aromatic heterocycles. The van der Waals surface area contributed by atoms with Crippen molar-refractivity contribution >= 4 is 9.84 Å². The van der Waals surface area contributed by atoms with Crippen LogP contribution >= 0.6 is 0 Å². The maximum Gasteiger partial charge on any atom is 0.194 e. The van der Waals surface area contributed by atoms with Gasteiger partial charge in [-0.15, -0.1) is 0 Å². The maximum atomic E-state index is 11.9. The third-order valence-electron chi connectivity index (χ3n) is 2.49. The lowest BCUT2D eigenvalue weighted by Crippen LogP contribution is -2.18. The second kappa shape index (κ2) is 4.26. The van der Waals surface area contributed by atoms with Gasteiger partial charge in [0.15, 0.2) is 21.3 Å². The molecular formula is C11H11NO4S. The van der Waals surface area contributed by atoms with Crippen molar-refractivity contribution in [2.24, 2.45) is 0 Å².